The number of hydrogen-bond acceptors (Lipinski definition) is 2. The van der Waals surface area contributed by atoms with Crippen molar-refractivity contribution >= 4 is 18.9 Å². The molecule has 0 aliphatic heterocycles. The van der Waals surface area contributed by atoms with Gasteiger partial charge in [-0.05, 0) is 13.6 Å². The van der Waals surface area contributed by atoms with Gasteiger partial charge in [-0.1, -0.05) is 0 Å². The summed E-state index contributed by atoms with van der Waals surface area (Å²) in [5, 5.41) is 0. The van der Waals surface area contributed by atoms with Crippen molar-refractivity contribution < 1.29 is 0 Å². The molecule has 1 aromatic rings. The zero-order valence-electron chi connectivity index (χ0n) is 6.65. The van der Waals surface area contributed by atoms with E-state index in [2.05, 4.69) is 21.7 Å². The predicted octanol–water partition coefficient (Wildman–Crippen LogP) is 1.09. The van der Waals surface area contributed by atoms with E-state index in [-0.39, 0.29) is 0 Å². The zero-order chi connectivity index (χ0) is 8.27. The van der Waals surface area contributed by atoms with Crippen molar-refractivity contribution in [2.24, 2.45) is 17.0 Å². The minimum atomic E-state index is 0.694. The first-order valence-corrected chi connectivity index (χ1v) is 3.22. The molecule has 1 heterocycles. The first kappa shape index (κ1) is 7.65. The quantitative estimate of drug-likeness (QED) is 0.459. The van der Waals surface area contributed by atoms with Crippen LogP contribution in [0.4, 0.5) is 5.82 Å². The van der Waals surface area contributed by atoms with Gasteiger partial charge in [-0.15, -0.1) is 0 Å². The van der Waals surface area contributed by atoms with Crippen LogP contribution in [0.1, 0.15) is 5.69 Å². The summed E-state index contributed by atoms with van der Waals surface area (Å²) in [5.74, 6) is 0.694. The lowest BCUT2D eigenvalue weighted by molar-refractivity contribution is 0.873. The highest BCUT2D eigenvalue weighted by Crippen LogP contribution is 2.12. The van der Waals surface area contributed by atoms with Gasteiger partial charge in [0.25, 0.3) is 0 Å². The molecule has 58 valence electrons. The van der Waals surface area contributed by atoms with Gasteiger partial charge in [-0.25, -0.2) is 9.98 Å². The Labute approximate surface area is 65.3 Å². The van der Waals surface area contributed by atoms with Crippen LogP contribution in [0, 0.1) is 6.92 Å². The second-order valence-electron chi connectivity index (χ2n) is 2.19. The van der Waals surface area contributed by atoms with E-state index in [1.807, 2.05) is 18.5 Å². The first-order chi connectivity index (χ1) is 5.25. The molecule has 0 atom stereocenters. The number of aromatic nitrogens is 2. The van der Waals surface area contributed by atoms with E-state index < -0.39 is 0 Å². The molecule has 0 radical (unpaired) electrons. The third-order valence-electron chi connectivity index (χ3n) is 1.47. The minimum Gasteiger partial charge on any atom is -0.336 e. The Morgan fingerprint density at radius 1 is 1.73 bits per heavy atom. The molecule has 0 aliphatic rings. The average Bonchev–Trinajstić information content (AvgIpc) is 2.31. The number of hydrogen-bond donors (Lipinski definition) is 0. The van der Waals surface area contributed by atoms with Gasteiger partial charge in [0.15, 0.2) is 5.82 Å². The van der Waals surface area contributed by atoms with Crippen LogP contribution in [0.15, 0.2) is 16.3 Å². The van der Waals surface area contributed by atoms with Crippen LogP contribution in [0.25, 0.3) is 0 Å². The lowest BCUT2D eigenvalue weighted by atomic mass is 10.5. The highest BCUT2D eigenvalue weighted by molar-refractivity contribution is 5.65. The maximum Gasteiger partial charge on any atom is 0.174 e. The first-order valence-electron chi connectivity index (χ1n) is 3.22. The summed E-state index contributed by atoms with van der Waals surface area (Å²) in [5.41, 5.74) is 1.02. The summed E-state index contributed by atoms with van der Waals surface area (Å²) in [6, 6.07) is 0. The highest BCUT2D eigenvalue weighted by Gasteiger charge is 1.99. The average molecular weight is 150 g/mol. The van der Waals surface area contributed by atoms with E-state index in [9.17, 15) is 0 Å². The Morgan fingerprint density at radius 3 is 2.91 bits per heavy atom. The highest BCUT2D eigenvalue weighted by atomic mass is 15.1. The third kappa shape index (κ3) is 1.52. The lowest BCUT2D eigenvalue weighted by Gasteiger charge is -1.91. The summed E-state index contributed by atoms with van der Waals surface area (Å²) in [6.45, 7) is 5.23. The zero-order valence-corrected chi connectivity index (χ0v) is 6.65. The molecule has 0 aromatic carbocycles. The molecule has 11 heavy (non-hydrogen) atoms. The van der Waals surface area contributed by atoms with Crippen molar-refractivity contribution in [1.82, 2.24) is 9.55 Å². The molecule has 4 nitrogen and oxygen atoms in total. The number of imidazole rings is 1. The molecule has 0 saturated heterocycles. The van der Waals surface area contributed by atoms with Gasteiger partial charge in [0.05, 0.1) is 12.0 Å². The number of rotatable bonds is 2. The summed E-state index contributed by atoms with van der Waals surface area (Å²) in [6.07, 6.45) is 3.10. The largest absolute Gasteiger partial charge is 0.336 e. The Morgan fingerprint density at radius 2 is 2.45 bits per heavy atom. The summed E-state index contributed by atoms with van der Waals surface area (Å²) in [7, 11) is 1.92. The smallest absolute Gasteiger partial charge is 0.174 e. The molecular formula is C7H10N4. The van der Waals surface area contributed by atoms with Gasteiger partial charge in [0.2, 0.25) is 0 Å². The fourth-order valence-corrected chi connectivity index (χ4v) is 0.701. The molecule has 1 rings (SSSR count). The molecule has 0 unspecified atom stereocenters. The molecule has 0 spiro atoms. The van der Waals surface area contributed by atoms with E-state index in [1.54, 1.807) is 6.33 Å². The monoisotopic (exact) mass is 150 g/mol. The van der Waals surface area contributed by atoms with E-state index in [4.69, 9.17) is 0 Å². The van der Waals surface area contributed by atoms with Gasteiger partial charge in [0.1, 0.15) is 6.34 Å². The van der Waals surface area contributed by atoms with Crippen molar-refractivity contribution in [2.75, 3.05) is 0 Å². The van der Waals surface area contributed by atoms with Crippen LogP contribution in [0.5, 0.6) is 0 Å². The van der Waals surface area contributed by atoms with Crippen LogP contribution in [0.2, 0.25) is 0 Å². The maximum absolute atomic E-state index is 4.03. The molecule has 0 aliphatic carbocycles. The van der Waals surface area contributed by atoms with Gasteiger partial charge in [-0.3, -0.25) is 4.99 Å². The van der Waals surface area contributed by atoms with Crippen molar-refractivity contribution in [1.29, 1.82) is 0 Å². The second kappa shape index (κ2) is 3.09. The molecule has 0 amide bonds. The number of aryl methyl sites for hydroxylation is 1. The van der Waals surface area contributed by atoms with Crippen molar-refractivity contribution in [3.8, 4) is 0 Å². The molecule has 0 fully saturated rings. The van der Waals surface area contributed by atoms with E-state index in [0.29, 0.717) is 5.82 Å². The molecule has 0 bridgehead atoms. The van der Waals surface area contributed by atoms with Crippen molar-refractivity contribution in [3.63, 3.8) is 0 Å². The van der Waals surface area contributed by atoms with Crippen molar-refractivity contribution in [2.45, 2.75) is 6.92 Å². The van der Waals surface area contributed by atoms with Gasteiger partial charge in [-0.2, -0.15) is 0 Å². The Hall–Kier alpha value is -1.45. The topological polar surface area (TPSA) is 42.5 Å². The van der Waals surface area contributed by atoms with Crippen LogP contribution in [-0.4, -0.2) is 22.6 Å². The van der Waals surface area contributed by atoms with E-state index >= 15 is 0 Å². The minimum absolute atomic E-state index is 0.694. The molecular weight excluding hydrogens is 140 g/mol. The number of aliphatic imine (C=N–C) groups is 2. The van der Waals surface area contributed by atoms with Crippen LogP contribution in [0.3, 0.4) is 0 Å². The normalized spacial score (nSPS) is 10.7. The Bertz CT molecular complexity index is 285. The second-order valence-corrected chi connectivity index (χ2v) is 2.19. The Balaban J connectivity index is 2.95. The van der Waals surface area contributed by atoms with Gasteiger partial charge in [0, 0.05) is 7.05 Å². The molecule has 0 N–H and O–H groups in total. The predicted molar refractivity (Wildman–Crippen MR) is 45.6 cm³/mol. The summed E-state index contributed by atoms with van der Waals surface area (Å²) < 4.78 is 1.90. The third-order valence-corrected chi connectivity index (χ3v) is 1.47. The fraction of sp³-hybridized carbons (Fsp3) is 0.286. The van der Waals surface area contributed by atoms with Crippen molar-refractivity contribution in [3.05, 3.63) is 12.0 Å². The molecule has 4 heteroatoms. The SMILES string of the molecule is C=N/C=N\c1ncn(C)c1C. The van der Waals surface area contributed by atoms with Gasteiger partial charge < -0.3 is 4.57 Å². The van der Waals surface area contributed by atoms with Crippen LogP contribution in [-0.2, 0) is 7.05 Å². The number of nitrogens with zero attached hydrogens (tertiary/aromatic N) is 4. The summed E-state index contributed by atoms with van der Waals surface area (Å²) in [4.78, 5) is 11.5. The maximum atomic E-state index is 4.03. The van der Waals surface area contributed by atoms with E-state index in [1.165, 1.54) is 6.34 Å². The fourth-order valence-electron chi connectivity index (χ4n) is 0.701. The lowest BCUT2D eigenvalue weighted by Crippen LogP contribution is -1.86. The van der Waals surface area contributed by atoms with Crippen LogP contribution >= 0.6 is 0 Å². The van der Waals surface area contributed by atoms with E-state index in [0.717, 1.165) is 5.69 Å². The summed E-state index contributed by atoms with van der Waals surface area (Å²) >= 11 is 0. The van der Waals surface area contributed by atoms with Gasteiger partial charge >= 0.3 is 0 Å². The Kier molecular flexibility index (Phi) is 2.15. The standard InChI is InChI=1S/C7H10N4/c1-6-7(9-4-8-2)10-5-11(6)3/h4-5H,2H2,1,3H3/b9-4-. The molecule has 1 aromatic heterocycles. The molecule has 0 saturated carbocycles. The van der Waals surface area contributed by atoms with Crippen LogP contribution < -0.4 is 0 Å².